The Bertz CT molecular complexity index is 898. The van der Waals surface area contributed by atoms with Crippen molar-refractivity contribution in [3.63, 3.8) is 0 Å². The lowest BCUT2D eigenvalue weighted by molar-refractivity contribution is -0.116. The van der Waals surface area contributed by atoms with E-state index in [2.05, 4.69) is 21.2 Å². The van der Waals surface area contributed by atoms with Crippen molar-refractivity contribution in [3.05, 3.63) is 62.6 Å². The summed E-state index contributed by atoms with van der Waals surface area (Å²) in [5.74, 6) is -1.05. The average Bonchev–Trinajstić information content (AvgIpc) is 2.80. The van der Waals surface area contributed by atoms with Crippen LogP contribution >= 0.6 is 27.5 Å². The zero-order chi connectivity index (χ0) is 18.1. The quantitative estimate of drug-likeness (QED) is 0.758. The Balaban J connectivity index is 1.66. The van der Waals surface area contributed by atoms with Crippen LogP contribution in [-0.4, -0.2) is 29.2 Å². The van der Waals surface area contributed by atoms with E-state index in [1.54, 1.807) is 43.3 Å². The van der Waals surface area contributed by atoms with Crippen LogP contribution in [0.25, 0.3) is 0 Å². The minimum atomic E-state index is -0.381. The molecule has 2 aromatic carbocycles. The second-order valence-electron chi connectivity index (χ2n) is 5.66. The Labute approximate surface area is 158 Å². The summed E-state index contributed by atoms with van der Waals surface area (Å²) in [6.45, 7) is 1.83. The molecule has 0 saturated heterocycles. The van der Waals surface area contributed by atoms with Gasteiger partial charge in [0.25, 0.3) is 11.8 Å². The zero-order valence-electron chi connectivity index (χ0n) is 13.3. The SMILES string of the molecule is Cc1c(Cl)cccc1NC(=O)CCN1C(=O)c2ccc(Br)cc2C1=O. The van der Waals surface area contributed by atoms with E-state index in [0.717, 1.165) is 14.9 Å². The van der Waals surface area contributed by atoms with Gasteiger partial charge in [-0.1, -0.05) is 33.6 Å². The first-order chi connectivity index (χ1) is 11.9. The molecule has 25 heavy (non-hydrogen) atoms. The molecule has 7 heteroatoms. The first kappa shape index (κ1) is 17.6. The van der Waals surface area contributed by atoms with Crippen molar-refractivity contribution in [3.8, 4) is 0 Å². The highest BCUT2D eigenvalue weighted by Gasteiger charge is 2.35. The van der Waals surface area contributed by atoms with Crippen LogP contribution in [0.2, 0.25) is 5.02 Å². The minimum Gasteiger partial charge on any atom is -0.326 e. The Morgan fingerprint density at radius 2 is 1.88 bits per heavy atom. The van der Waals surface area contributed by atoms with Crippen LogP contribution < -0.4 is 5.32 Å². The second-order valence-corrected chi connectivity index (χ2v) is 6.99. The largest absolute Gasteiger partial charge is 0.326 e. The van der Waals surface area contributed by atoms with Gasteiger partial charge in [0.15, 0.2) is 0 Å². The number of carbonyl (C=O) groups is 3. The zero-order valence-corrected chi connectivity index (χ0v) is 15.6. The molecule has 1 aliphatic heterocycles. The number of hydrogen-bond donors (Lipinski definition) is 1. The van der Waals surface area contributed by atoms with Crippen molar-refractivity contribution < 1.29 is 14.4 Å². The standard InChI is InChI=1S/C18H14BrClN2O3/c1-10-14(20)3-2-4-15(10)21-16(23)7-8-22-17(24)12-6-5-11(19)9-13(12)18(22)25/h2-6,9H,7-8H2,1H3,(H,21,23). The number of carbonyl (C=O) groups excluding carboxylic acids is 3. The highest BCUT2D eigenvalue weighted by Crippen LogP contribution is 2.26. The van der Waals surface area contributed by atoms with E-state index in [9.17, 15) is 14.4 Å². The molecule has 0 bridgehead atoms. The fourth-order valence-corrected chi connectivity index (χ4v) is 3.17. The van der Waals surface area contributed by atoms with Crippen molar-refractivity contribution in [1.29, 1.82) is 0 Å². The summed E-state index contributed by atoms with van der Waals surface area (Å²) in [5, 5.41) is 3.31. The summed E-state index contributed by atoms with van der Waals surface area (Å²) < 4.78 is 0.725. The molecular formula is C18H14BrClN2O3. The van der Waals surface area contributed by atoms with Gasteiger partial charge in [-0.05, 0) is 42.8 Å². The third kappa shape index (κ3) is 3.45. The van der Waals surface area contributed by atoms with Crippen LogP contribution in [0.15, 0.2) is 40.9 Å². The van der Waals surface area contributed by atoms with Gasteiger partial charge in [0.1, 0.15) is 0 Å². The molecule has 1 N–H and O–H groups in total. The lowest BCUT2D eigenvalue weighted by Crippen LogP contribution is -2.32. The number of benzene rings is 2. The molecule has 3 amide bonds. The van der Waals surface area contributed by atoms with E-state index in [4.69, 9.17) is 11.6 Å². The van der Waals surface area contributed by atoms with Crippen molar-refractivity contribution in [1.82, 2.24) is 4.90 Å². The number of nitrogens with zero attached hydrogens (tertiary/aromatic N) is 1. The summed E-state index contributed by atoms with van der Waals surface area (Å²) in [6.07, 6.45) is 0.0125. The molecule has 0 radical (unpaired) electrons. The Morgan fingerprint density at radius 1 is 1.16 bits per heavy atom. The first-order valence-corrected chi connectivity index (χ1v) is 8.76. The Hall–Kier alpha value is -2.18. The molecule has 2 aromatic rings. The summed E-state index contributed by atoms with van der Waals surface area (Å²) in [7, 11) is 0. The van der Waals surface area contributed by atoms with Crippen molar-refractivity contribution in [2.45, 2.75) is 13.3 Å². The number of amides is 3. The van der Waals surface area contributed by atoms with Gasteiger partial charge >= 0.3 is 0 Å². The van der Waals surface area contributed by atoms with Crippen LogP contribution in [0.3, 0.4) is 0 Å². The van der Waals surface area contributed by atoms with Gasteiger partial charge < -0.3 is 5.32 Å². The molecule has 3 rings (SSSR count). The van der Waals surface area contributed by atoms with Crippen LogP contribution in [0.1, 0.15) is 32.7 Å². The van der Waals surface area contributed by atoms with E-state index in [1.165, 1.54) is 0 Å². The highest BCUT2D eigenvalue weighted by molar-refractivity contribution is 9.10. The third-order valence-electron chi connectivity index (χ3n) is 4.04. The molecular weight excluding hydrogens is 408 g/mol. The summed E-state index contributed by atoms with van der Waals surface area (Å²) in [5.41, 5.74) is 2.09. The summed E-state index contributed by atoms with van der Waals surface area (Å²) in [4.78, 5) is 38.0. The fourth-order valence-electron chi connectivity index (χ4n) is 2.63. The molecule has 0 spiro atoms. The van der Waals surface area contributed by atoms with Gasteiger partial charge in [0, 0.05) is 28.1 Å². The lowest BCUT2D eigenvalue weighted by Gasteiger charge is -2.14. The number of fused-ring (bicyclic) bond motifs is 1. The predicted molar refractivity (Wildman–Crippen MR) is 98.9 cm³/mol. The normalized spacial score (nSPS) is 13.2. The Kier molecular flexibility index (Phi) is 4.92. The van der Waals surface area contributed by atoms with Crippen LogP contribution in [0.5, 0.6) is 0 Å². The average molecular weight is 422 g/mol. The summed E-state index contributed by atoms with van der Waals surface area (Å²) in [6, 6.07) is 10.2. The molecule has 1 heterocycles. The molecule has 0 atom stereocenters. The lowest BCUT2D eigenvalue weighted by atomic mass is 10.1. The van der Waals surface area contributed by atoms with Crippen molar-refractivity contribution in [2.24, 2.45) is 0 Å². The van der Waals surface area contributed by atoms with Gasteiger partial charge in [-0.2, -0.15) is 0 Å². The number of halogens is 2. The maximum atomic E-state index is 12.4. The van der Waals surface area contributed by atoms with E-state index in [-0.39, 0.29) is 30.7 Å². The topological polar surface area (TPSA) is 66.5 Å². The monoisotopic (exact) mass is 420 g/mol. The van der Waals surface area contributed by atoms with Gasteiger partial charge in [-0.25, -0.2) is 0 Å². The van der Waals surface area contributed by atoms with Gasteiger partial charge in [-0.15, -0.1) is 0 Å². The number of imide groups is 1. The summed E-state index contributed by atoms with van der Waals surface area (Å²) >= 11 is 9.31. The van der Waals surface area contributed by atoms with E-state index < -0.39 is 0 Å². The molecule has 1 aliphatic rings. The number of hydrogen-bond acceptors (Lipinski definition) is 3. The Morgan fingerprint density at radius 3 is 2.64 bits per heavy atom. The molecule has 0 fully saturated rings. The molecule has 0 saturated carbocycles. The molecule has 0 unspecified atom stereocenters. The first-order valence-electron chi connectivity index (χ1n) is 7.59. The van der Waals surface area contributed by atoms with Gasteiger partial charge in [0.2, 0.25) is 5.91 Å². The number of rotatable bonds is 4. The smallest absolute Gasteiger partial charge is 0.261 e. The van der Waals surface area contributed by atoms with E-state index in [1.807, 2.05) is 0 Å². The number of nitrogens with one attached hydrogen (secondary N) is 1. The van der Waals surface area contributed by atoms with Crippen LogP contribution in [0, 0.1) is 6.92 Å². The number of anilines is 1. The maximum Gasteiger partial charge on any atom is 0.261 e. The molecule has 0 aromatic heterocycles. The maximum absolute atomic E-state index is 12.4. The predicted octanol–water partition coefficient (Wildman–Crippen LogP) is 4.04. The third-order valence-corrected chi connectivity index (χ3v) is 4.94. The van der Waals surface area contributed by atoms with Gasteiger partial charge in [0.05, 0.1) is 11.1 Å². The van der Waals surface area contributed by atoms with Crippen molar-refractivity contribution in [2.75, 3.05) is 11.9 Å². The molecule has 128 valence electrons. The molecule has 5 nitrogen and oxygen atoms in total. The minimum absolute atomic E-state index is 0.0125. The van der Waals surface area contributed by atoms with Crippen LogP contribution in [-0.2, 0) is 4.79 Å². The molecule has 0 aliphatic carbocycles. The fraction of sp³-hybridized carbons (Fsp3) is 0.167. The van der Waals surface area contributed by atoms with Crippen molar-refractivity contribution >= 4 is 50.9 Å². The van der Waals surface area contributed by atoms with Crippen LogP contribution in [0.4, 0.5) is 5.69 Å². The van der Waals surface area contributed by atoms with Gasteiger partial charge in [-0.3, -0.25) is 19.3 Å². The van der Waals surface area contributed by atoms with E-state index >= 15 is 0 Å². The van der Waals surface area contributed by atoms with E-state index in [0.29, 0.717) is 21.8 Å². The highest BCUT2D eigenvalue weighted by atomic mass is 79.9. The second kappa shape index (κ2) is 6.98.